The molecule has 3 nitrogen and oxygen atoms in total. The zero-order valence-electron chi connectivity index (χ0n) is 10.3. The highest BCUT2D eigenvalue weighted by atomic mass is 16.2. The van der Waals surface area contributed by atoms with E-state index in [4.69, 9.17) is 5.73 Å². The third-order valence-electron chi connectivity index (χ3n) is 2.28. The molecule has 0 aliphatic rings. The quantitative estimate of drug-likeness (QED) is 0.752. The minimum absolute atomic E-state index is 0.0231. The molecule has 0 rings (SSSR count). The molecule has 0 aromatic rings. The van der Waals surface area contributed by atoms with Gasteiger partial charge in [-0.1, -0.05) is 27.7 Å². The number of nitrogens with zero attached hydrogens (tertiary/aromatic N) is 1. The zero-order valence-corrected chi connectivity index (χ0v) is 10.3. The van der Waals surface area contributed by atoms with Gasteiger partial charge in [-0.2, -0.15) is 0 Å². The fraction of sp³-hybridized carbons (Fsp3) is 0.909. The van der Waals surface area contributed by atoms with Gasteiger partial charge in [0.05, 0.1) is 5.54 Å². The van der Waals surface area contributed by atoms with Crippen LogP contribution in [0.25, 0.3) is 0 Å². The average molecular weight is 200 g/mol. The predicted octanol–water partition coefficient (Wildman–Crippen LogP) is 1.62. The van der Waals surface area contributed by atoms with Gasteiger partial charge in [0.15, 0.2) is 0 Å². The normalized spacial score (nSPS) is 16.2. The first kappa shape index (κ1) is 13.4. The third kappa shape index (κ3) is 4.09. The standard InChI is InChI=1S/C11H24N2O/c1-7-11(5,12)9(14)13(6)8-10(2,3)4/h7-8,12H2,1-6H3. The Kier molecular flexibility index (Phi) is 4.13. The van der Waals surface area contributed by atoms with Gasteiger partial charge in [0, 0.05) is 13.6 Å². The van der Waals surface area contributed by atoms with Crippen molar-refractivity contribution >= 4 is 5.91 Å². The van der Waals surface area contributed by atoms with Crippen LogP contribution in [-0.2, 0) is 4.79 Å². The molecule has 0 saturated heterocycles. The topological polar surface area (TPSA) is 46.3 Å². The summed E-state index contributed by atoms with van der Waals surface area (Å²) in [5, 5.41) is 0. The highest BCUT2D eigenvalue weighted by Gasteiger charge is 2.30. The smallest absolute Gasteiger partial charge is 0.242 e. The van der Waals surface area contributed by atoms with E-state index in [2.05, 4.69) is 20.8 Å². The molecule has 0 bridgehead atoms. The van der Waals surface area contributed by atoms with E-state index in [0.717, 1.165) is 6.54 Å². The molecule has 1 amide bonds. The number of hydrogen-bond donors (Lipinski definition) is 1. The van der Waals surface area contributed by atoms with Crippen molar-refractivity contribution in [1.82, 2.24) is 4.90 Å². The van der Waals surface area contributed by atoms with Gasteiger partial charge >= 0.3 is 0 Å². The van der Waals surface area contributed by atoms with Crippen molar-refractivity contribution in [2.75, 3.05) is 13.6 Å². The highest BCUT2D eigenvalue weighted by molar-refractivity contribution is 5.85. The van der Waals surface area contributed by atoms with Crippen LogP contribution in [0.5, 0.6) is 0 Å². The Morgan fingerprint density at radius 2 is 1.71 bits per heavy atom. The van der Waals surface area contributed by atoms with Crippen LogP contribution in [0.15, 0.2) is 0 Å². The molecule has 0 spiro atoms. The summed E-state index contributed by atoms with van der Waals surface area (Å²) in [5.74, 6) is 0.0231. The summed E-state index contributed by atoms with van der Waals surface area (Å²) in [4.78, 5) is 13.6. The van der Waals surface area contributed by atoms with Crippen LogP contribution in [0.2, 0.25) is 0 Å². The number of carbonyl (C=O) groups excluding carboxylic acids is 1. The molecule has 0 aromatic heterocycles. The second-order valence-corrected chi connectivity index (χ2v) is 5.49. The largest absolute Gasteiger partial charge is 0.344 e. The van der Waals surface area contributed by atoms with Gasteiger partial charge in [-0.15, -0.1) is 0 Å². The van der Waals surface area contributed by atoms with Crippen molar-refractivity contribution in [1.29, 1.82) is 0 Å². The monoisotopic (exact) mass is 200 g/mol. The van der Waals surface area contributed by atoms with Crippen LogP contribution in [-0.4, -0.2) is 29.9 Å². The SMILES string of the molecule is CCC(C)(N)C(=O)N(C)CC(C)(C)C. The van der Waals surface area contributed by atoms with E-state index >= 15 is 0 Å². The fourth-order valence-corrected chi connectivity index (χ4v) is 1.37. The van der Waals surface area contributed by atoms with Gasteiger partial charge in [-0.05, 0) is 18.8 Å². The van der Waals surface area contributed by atoms with Crippen molar-refractivity contribution in [3.8, 4) is 0 Å². The van der Waals surface area contributed by atoms with E-state index in [0.29, 0.717) is 6.42 Å². The van der Waals surface area contributed by atoms with Crippen LogP contribution >= 0.6 is 0 Å². The molecule has 0 aromatic carbocycles. The molecule has 84 valence electrons. The van der Waals surface area contributed by atoms with E-state index in [1.54, 1.807) is 11.8 Å². The predicted molar refractivity (Wildman–Crippen MR) is 60.0 cm³/mol. The van der Waals surface area contributed by atoms with Crippen molar-refractivity contribution in [2.24, 2.45) is 11.1 Å². The van der Waals surface area contributed by atoms with Gasteiger partial charge in [0.25, 0.3) is 0 Å². The Morgan fingerprint density at radius 1 is 1.29 bits per heavy atom. The summed E-state index contributed by atoms with van der Waals surface area (Å²) in [6.45, 7) is 10.8. The van der Waals surface area contributed by atoms with Gasteiger partial charge in [-0.3, -0.25) is 4.79 Å². The second kappa shape index (κ2) is 4.30. The Balaban J connectivity index is 4.41. The average Bonchev–Trinajstić information content (AvgIpc) is 2.00. The Bertz CT molecular complexity index is 204. The first-order valence-electron chi connectivity index (χ1n) is 5.14. The Labute approximate surface area is 87.6 Å². The summed E-state index contributed by atoms with van der Waals surface area (Å²) >= 11 is 0. The van der Waals surface area contributed by atoms with Crippen LogP contribution < -0.4 is 5.73 Å². The molecular weight excluding hydrogens is 176 g/mol. The van der Waals surface area contributed by atoms with E-state index < -0.39 is 5.54 Å². The maximum atomic E-state index is 11.9. The lowest BCUT2D eigenvalue weighted by Gasteiger charge is -2.32. The number of likely N-dealkylation sites (N-methyl/N-ethyl adjacent to an activating group) is 1. The first-order chi connectivity index (χ1) is 6.10. The maximum Gasteiger partial charge on any atom is 0.242 e. The van der Waals surface area contributed by atoms with Crippen LogP contribution in [0.1, 0.15) is 41.0 Å². The molecule has 0 saturated carbocycles. The summed E-state index contributed by atoms with van der Waals surface area (Å²) < 4.78 is 0. The molecule has 0 radical (unpaired) electrons. The van der Waals surface area contributed by atoms with E-state index in [-0.39, 0.29) is 11.3 Å². The minimum Gasteiger partial charge on any atom is -0.344 e. The molecule has 14 heavy (non-hydrogen) atoms. The van der Waals surface area contributed by atoms with Gasteiger partial charge in [-0.25, -0.2) is 0 Å². The summed E-state index contributed by atoms with van der Waals surface area (Å²) in [6, 6.07) is 0. The highest BCUT2D eigenvalue weighted by Crippen LogP contribution is 2.17. The van der Waals surface area contributed by atoms with E-state index in [9.17, 15) is 4.79 Å². The third-order valence-corrected chi connectivity index (χ3v) is 2.28. The number of carbonyl (C=O) groups is 1. The molecule has 3 heteroatoms. The van der Waals surface area contributed by atoms with Crippen molar-refractivity contribution < 1.29 is 4.79 Å². The number of amides is 1. The van der Waals surface area contributed by atoms with Gasteiger partial charge in [0.1, 0.15) is 0 Å². The second-order valence-electron chi connectivity index (χ2n) is 5.49. The molecule has 1 unspecified atom stereocenters. The van der Waals surface area contributed by atoms with Crippen LogP contribution in [0, 0.1) is 5.41 Å². The number of rotatable bonds is 3. The van der Waals surface area contributed by atoms with E-state index in [1.807, 2.05) is 14.0 Å². The van der Waals surface area contributed by atoms with Crippen molar-refractivity contribution in [3.63, 3.8) is 0 Å². The minimum atomic E-state index is -0.722. The van der Waals surface area contributed by atoms with Gasteiger partial charge < -0.3 is 10.6 Å². The zero-order chi connectivity index (χ0) is 11.6. The molecule has 1 atom stereocenters. The lowest BCUT2D eigenvalue weighted by Crippen LogP contribution is -2.53. The summed E-state index contributed by atoms with van der Waals surface area (Å²) in [7, 11) is 1.81. The summed E-state index contributed by atoms with van der Waals surface area (Å²) in [5.41, 5.74) is 5.29. The maximum absolute atomic E-state index is 11.9. The molecule has 0 aliphatic heterocycles. The van der Waals surface area contributed by atoms with Crippen molar-refractivity contribution in [2.45, 2.75) is 46.6 Å². The lowest BCUT2D eigenvalue weighted by molar-refractivity contribution is -0.136. The summed E-state index contributed by atoms with van der Waals surface area (Å²) in [6.07, 6.45) is 0.667. The molecular formula is C11H24N2O. The molecule has 2 N–H and O–H groups in total. The molecule has 0 aliphatic carbocycles. The van der Waals surface area contributed by atoms with Crippen LogP contribution in [0.4, 0.5) is 0 Å². The lowest BCUT2D eigenvalue weighted by atomic mass is 9.93. The van der Waals surface area contributed by atoms with E-state index in [1.165, 1.54) is 0 Å². The fourth-order valence-electron chi connectivity index (χ4n) is 1.37. The van der Waals surface area contributed by atoms with Gasteiger partial charge in [0.2, 0.25) is 5.91 Å². The Hall–Kier alpha value is -0.570. The first-order valence-corrected chi connectivity index (χ1v) is 5.14. The molecule has 0 fully saturated rings. The Morgan fingerprint density at radius 3 is 2.00 bits per heavy atom. The number of hydrogen-bond acceptors (Lipinski definition) is 2. The molecule has 0 heterocycles. The number of nitrogens with two attached hydrogens (primary N) is 1. The van der Waals surface area contributed by atoms with Crippen molar-refractivity contribution in [3.05, 3.63) is 0 Å². The van der Waals surface area contributed by atoms with Crippen LogP contribution in [0.3, 0.4) is 0 Å².